The first kappa shape index (κ1) is 24.6. The highest BCUT2D eigenvalue weighted by Gasteiger charge is 2.38. The lowest BCUT2D eigenvalue weighted by Crippen LogP contribution is -2.27. The Balaban J connectivity index is 1.47. The monoisotopic (exact) mass is 440 g/mol. The molecule has 1 atom stereocenters. The number of hydrogen-bond donors (Lipinski definition) is 0. The summed E-state index contributed by atoms with van der Waals surface area (Å²) in [5, 5.41) is 0. The van der Waals surface area contributed by atoms with Crippen LogP contribution in [0.25, 0.3) is 0 Å². The van der Waals surface area contributed by atoms with Crippen molar-refractivity contribution in [3.8, 4) is 0 Å². The molecule has 4 heteroatoms. The second-order valence-corrected chi connectivity index (χ2v) is 10.5. The van der Waals surface area contributed by atoms with Crippen LogP contribution in [0.15, 0.2) is 12.1 Å². The molecule has 1 aromatic rings. The van der Waals surface area contributed by atoms with E-state index >= 15 is 0 Å². The third-order valence-corrected chi connectivity index (χ3v) is 8.45. The molecule has 3 rings (SSSR count). The van der Waals surface area contributed by atoms with Crippen molar-refractivity contribution >= 4 is 0 Å². The molecular weight excluding hydrogens is 400 g/mol. The van der Waals surface area contributed by atoms with Gasteiger partial charge in [-0.3, -0.25) is 0 Å². The van der Waals surface area contributed by atoms with Crippen LogP contribution < -0.4 is 0 Å². The van der Waals surface area contributed by atoms with E-state index in [9.17, 15) is 17.6 Å². The topological polar surface area (TPSA) is 0 Å². The third kappa shape index (κ3) is 6.26. The van der Waals surface area contributed by atoms with Crippen molar-refractivity contribution in [1.29, 1.82) is 0 Å². The standard InChI is InChI=1S/C27H40F4/c1-4-5-18(2)21-14-16-23(17-15-21)22-11-7-20(8-12-22)9-13-24-10-6-19(3)26(28)25(24)27(29,30)31/h6,10,18,20-23H,4-5,7-9,11-17H2,1-3H3. The van der Waals surface area contributed by atoms with Crippen LogP contribution in [0.4, 0.5) is 17.6 Å². The van der Waals surface area contributed by atoms with Crippen LogP contribution in [-0.4, -0.2) is 0 Å². The summed E-state index contributed by atoms with van der Waals surface area (Å²) in [5.74, 6) is 2.80. The Labute approximate surface area is 186 Å². The van der Waals surface area contributed by atoms with Crippen LogP contribution in [0.1, 0.15) is 101 Å². The van der Waals surface area contributed by atoms with Gasteiger partial charge in [0.1, 0.15) is 5.82 Å². The van der Waals surface area contributed by atoms with E-state index in [0.29, 0.717) is 12.3 Å². The molecule has 1 aromatic carbocycles. The molecule has 1 unspecified atom stereocenters. The number of halogens is 4. The van der Waals surface area contributed by atoms with E-state index in [2.05, 4.69) is 13.8 Å². The zero-order valence-corrected chi connectivity index (χ0v) is 19.5. The molecule has 0 saturated heterocycles. The lowest BCUT2D eigenvalue weighted by atomic mass is 9.67. The summed E-state index contributed by atoms with van der Waals surface area (Å²) in [5.41, 5.74) is -0.858. The molecule has 0 nitrogen and oxygen atoms in total. The zero-order chi connectivity index (χ0) is 22.6. The summed E-state index contributed by atoms with van der Waals surface area (Å²) in [7, 11) is 0. The van der Waals surface area contributed by atoms with Crippen molar-refractivity contribution in [2.24, 2.45) is 29.6 Å². The fourth-order valence-corrected chi connectivity index (χ4v) is 6.42. The molecule has 0 bridgehead atoms. The van der Waals surface area contributed by atoms with Crippen LogP contribution in [0.2, 0.25) is 0 Å². The summed E-state index contributed by atoms with van der Waals surface area (Å²) in [6.45, 7) is 6.09. The largest absolute Gasteiger partial charge is 0.419 e. The summed E-state index contributed by atoms with van der Waals surface area (Å²) < 4.78 is 54.4. The van der Waals surface area contributed by atoms with Crippen molar-refractivity contribution in [2.45, 2.75) is 104 Å². The quantitative estimate of drug-likeness (QED) is 0.371. The number of alkyl halides is 3. The fraction of sp³-hybridized carbons (Fsp3) is 0.778. The Kier molecular flexibility index (Phi) is 8.49. The van der Waals surface area contributed by atoms with Gasteiger partial charge in [-0.1, -0.05) is 51.7 Å². The van der Waals surface area contributed by atoms with E-state index in [1.807, 2.05) is 0 Å². The van der Waals surface area contributed by atoms with E-state index in [-0.39, 0.29) is 11.1 Å². The number of hydrogen-bond acceptors (Lipinski definition) is 0. The van der Waals surface area contributed by atoms with Crippen molar-refractivity contribution in [3.63, 3.8) is 0 Å². The Morgan fingerprint density at radius 1 is 0.935 bits per heavy atom. The van der Waals surface area contributed by atoms with E-state index in [4.69, 9.17) is 0 Å². The van der Waals surface area contributed by atoms with E-state index in [0.717, 1.165) is 42.9 Å². The maximum absolute atomic E-state index is 14.2. The van der Waals surface area contributed by atoms with Gasteiger partial charge in [0, 0.05) is 0 Å². The van der Waals surface area contributed by atoms with Crippen LogP contribution in [0.3, 0.4) is 0 Å². The third-order valence-electron chi connectivity index (χ3n) is 8.45. The highest BCUT2D eigenvalue weighted by molar-refractivity contribution is 5.35. The lowest BCUT2D eigenvalue weighted by Gasteiger charge is -2.39. The molecule has 0 amide bonds. The molecule has 2 saturated carbocycles. The Hall–Kier alpha value is -1.06. The van der Waals surface area contributed by atoms with Crippen molar-refractivity contribution < 1.29 is 17.6 Å². The average molecular weight is 441 g/mol. The van der Waals surface area contributed by atoms with Gasteiger partial charge >= 0.3 is 6.18 Å². The number of rotatable bonds is 7. The Morgan fingerprint density at radius 3 is 2.06 bits per heavy atom. The molecule has 0 aromatic heterocycles. The summed E-state index contributed by atoms with van der Waals surface area (Å²) >= 11 is 0. The maximum atomic E-state index is 14.2. The van der Waals surface area contributed by atoms with Crippen LogP contribution in [0, 0.1) is 42.3 Å². The highest BCUT2D eigenvalue weighted by atomic mass is 19.4. The normalized spacial score (nSPS) is 28.5. The smallest absolute Gasteiger partial charge is 0.206 e. The SMILES string of the molecule is CCCC(C)C1CCC(C2CCC(CCc3ccc(C)c(F)c3C(F)(F)F)CC2)CC1. The first-order valence-electron chi connectivity index (χ1n) is 12.6. The maximum Gasteiger partial charge on any atom is 0.419 e. The van der Waals surface area contributed by atoms with Gasteiger partial charge in [0.05, 0.1) is 5.56 Å². The van der Waals surface area contributed by atoms with Gasteiger partial charge in [-0.2, -0.15) is 13.2 Å². The lowest BCUT2D eigenvalue weighted by molar-refractivity contribution is -0.140. The van der Waals surface area contributed by atoms with Gasteiger partial charge < -0.3 is 0 Å². The molecule has 0 aliphatic heterocycles. The van der Waals surface area contributed by atoms with Crippen molar-refractivity contribution in [3.05, 3.63) is 34.6 Å². The molecule has 0 N–H and O–H groups in total. The molecule has 0 heterocycles. The van der Waals surface area contributed by atoms with Gasteiger partial charge in [0.15, 0.2) is 0 Å². The van der Waals surface area contributed by atoms with Crippen molar-refractivity contribution in [1.82, 2.24) is 0 Å². The molecule has 2 aliphatic carbocycles. The summed E-state index contributed by atoms with van der Waals surface area (Å²) in [4.78, 5) is 0. The predicted octanol–water partition coefficient (Wildman–Crippen LogP) is 9.13. The minimum atomic E-state index is -4.63. The Bertz CT molecular complexity index is 692. The molecular formula is C27H40F4. The molecule has 31 heavy (non-hydrogen) atoms. The minimum absolute atomic E-state index is 0.0652. The first-order valence-corrected chi connectivity index (χ1v) is 12.6. The fourth-order valence-electron chi connectivity index (χ4n) is 6.42. The summed E-state index contributed by atoms with van der Waals surface area (Å²) in [6, 6.07) is 2.96. The molecule has 0 radical (unpaired) electrons. The van der Waals surface area contributed by atoms with Crippen LogP contribution in [-0.2, 0) is 12.6 Å². The zero-order valence-electron chi connectivity index (χ0n) is 19.5. The average Bonchev–Trinajstić information content (AvgIpc) is 2.74. The molecule has 0 spiro atoms. The van der Waals surface area contributed by atoms with Gasteiger partial charge in [-0.05, 0) is 99.0 Å². The van der Waals surface area contributed by atoms with Crippen LogP contribution >= 0.6 is 0 Å². The van der Waals surface area contributed by atoms with E-state index in [1.165, 1.54) is 70.4 Å². The second kappa shape index (κ2) is 10.7. The second-order valence-electron chi connectivity index (χ2n) is 10.5. The van der Waals surface area contributed by atoms with Crippen molar-refractivity contribution in [2.75, 3.05) is 0 Å². The van der Waals surface area contributed by atoms with Gasteiger partial charge in [0.2, 0.25) is 0 Å². The van der Waals surface area contributed by atoms with E-state index < -0.39 is 17.6 Å². The first-order chi connectivity index (χ1) is 14.7. The van der Waals surface area contributed by atoms with E-state index in [1.54, 1.807) is 0 Å². The Morgan fingerprint density at radius 2 is 1.52 bits per heavy atom. The number of benzene rings is 1. The summed E-state index contributed by atoms with van der Waals surface area (Å²) in [6.07, 6.45) is 9.23. The predicted molar refractivity (Wildman–Crippen MR) is 119 cm³/mol. The molecule has 2 aliphatic rings. The highest BCUT2D eigenvalue weighted by Crippen LogP contribution is 2.44. The van der Waals surface area contributed by atoms with Gasteiger partial charge in [-0.15, -0.1) is 0 Å². The minimum Gasteiger partial charge on any atom is -0.206 e. The number of aryl methyl sites for hydroxylation is 2. The molecule has 176 valence electrons. The van der Waals surface area contributed by atoms with Gasteiger partial charge in [0.25, 0.3) is 0 Å². The molecule has 2 fully saturated rings. The van der Waals surface area contributed by atoms with Crippen LogP contribution in [0.5, 0.6) is 0 Å². The van der Waals surface area contributed by atoms with Gasteiger partial charge in [-0.25, -0.2) is 4.39 Å².